The van der Waals surface area contributed by atoms with E-state index in [9.17, 15) is 4.39 Å². The molecule has 0 saturated carbocycles. The lowest BCUT2D eigenvalue weighted by Gasteiger charge is -2.04. The third kappa shape index (κ3) is 2.23. The van der Waals surface area contributed by atoms with Crippen LogP contribution in [0.3, 0.4) is 0 Å². The molecule has 0 saturated heterocycles. The van der Waals surface area contributed by atoms with Crippen LogP contribution in [-0.2, 0) is 0 Å². The number of hydrogen-bond donors (Lipinski definition) is 0. The summed E-state index contributed by atoms with van der Waals surface area (Å²) < 4.78 is 17.9. The van der Waals surface area contributed by atoms with E-state index in [1.807, 2.05) is 6.07 Å². The largest absolute Gasteiger partial charge is 0.481 e. The SMILES string of the molecule is COc1ccc(-c2ccc(F)cc2C#N)cn1. The average molecular weight is 228 g/mol. The van der Waals surface area contributed by atoms with Gasteiger partial charge in [-0.1, -0.05) is 6.07 Å². The predicted molar refractivity (Wildman–Crippen MR) is 60.9 cm³/mol. The maximum Gasteiger partial charge on any atom is 0.212 e. The van der Waals surface area contributed by atoms with Crippen LogP contribution in [0.4, 0.5) is 4.39 Å². The maximum absolute atomic E-state index is 13.0. The highest BCUT2D eigenvalue weighted by molar-refractivity contribution is 5.69. The Morgan fingerprint density at radius 3 is 2.71 bits per heavy atom. The van der Waals surface area contributed by atoms with Gasteiger partial charge < -0.3 is 4.74 Å². The van der Waals surface area contributed by atoms with Crippen LogP contribution < -0.4 is 4.74 Å². The van der Waals surface area contributed by atoms with Gasteiger partial charge in [0.25, 0.3) is 0 Å². The van der Waals surface area contributed by atoms with Gasteiger partial charge in [0.1, 0.15) is 5.82 Å². The molecule has 3 nitrogen and oxygen atoms in total. The number of nitriles is 1. The molecule has 0 fully saturated rings. The van der Waals surface area contributed by atoms with Crippen molar-refractivity contribution in [2.75, 3.05) is 7.11 Å². The Hall–Kier alpha value is -2.41. The number of ether oxygens (including phenoxy) is 1. The summed E-state index contributed by atoms with van der Waals surface area (Å²) in [6, 6.07) is 9.53. The topological polar surface area (TPSA) is 45.9 Å². The van der Waals surface area contributed by atoms with Gasteiger partial charge in [-0.3, -0.25) is 0 Å². The number of pyridine rings is 1. The molecule has 84 valence electrons. The molecular weight excluding hydrogens is 219 g/mol. The van der Waals surface area contributed by atoms with Crippen LogP contribution in [0.25, 0.3) is 11.1 Å². The molecule has 0 radical (unpaired) electrons. The Kier molecular flexibility index (Phi) is 3.01. The van der Waals surface area contributed by atoms with Gasteiger partial charge in [0.15, 0.2) is 0 Å². The fraction of sp³-hybridized carbons (Fsp3) is 0.0769. The minimum Gasteiger partial charge on any atom is -0.481 e. The first-order valence-corrected chi connectivity index (χ1v) is 4.94. The van der Waals surface area contributed by atoms with Crippen molar-refractivity contribution in [1.82, 2.24) is 4.98 Å². The van der Waals surface area contributed by atoms with Crippen molar-refractivity contribution in [1.29, 1.82) is 5.26 Å². The second kappa shape index (κ2) is 4.62. The molecule has 1 aromatic heterocycles. The molecule has 4 heteroatoms. The first-order valence-electron chi connectivity index (χ1n) is 4.94. The van der Waals surface area contributed by atoms with Crippen molar-refractivity contribution in [3.8, 4) is 23.1 Å². The quantitative estimate of drug-likeness (QED) is 0.793. The molecule has 1 aromatic carbocycles. The van der Waals surface area contributed by atoms with E-state index in [2.05, 4.69) is 4.98 Å². The summed E-state index contributed by atoms with van der Waals surface area (Å²) in [5, 5.41) is 8.94. The van der Waals surface area contributed by atoms with Crippen LogP contribution >= 0.6 is 0 Å². The van der Waals surface area contributed by atoms with Gasteiger partial charge in [0, 0.05) is 23.4 Å². The molecule has 0 bridgehead atoms. The Morgan fingerprint density at radius 2 is 2.12 bits per heavy atom. The van der Waals surface area contributed by atoms with E-state index in [0.717, 1.165) is 5.56 Å². The minimum absolute atomic E-state index is 0.289. The highest BCUT2D eigenvalue weighted by Crippen LogP contribution is 2.24. The van der Waals surface area contributed by atoms with Crippen LogP contribution in [0, 0.1) is 17.1 Å². The number of methoxy groups -OCH3 is 1. The third-order valence-electron chi connectivity index (χ3n) is 2.36. The van der Waals surface area contributed by atoms with Crippen molar-refractivity contribution in [3.05, 3.63) is 47.9 Å². The molecule has 0 aliphatic rings. The van der Waals surface area contributed by atoms with Crippen LogP contribution in [0.5, 0.6) is 5.88 Å². The molecule has 2 rings (SSSR count). The smallest absolute Gasteiger partial charge is 0.212 e. The van der Waals surface area contributed by atoms with Crippen molar-refractivity contribution in [2.45, 2.75) is 0 Å². The van der Waals surface area contributed by atoms with Gasteiger partial charge >= 0.3 is 0 Å². The third-order valence-corrected chi connectivity index (χ3v) is 2.36. The number of nitrogens with zero attached hydrogens (tertiary/aromatic N) is 2. The molecule has 2 aromatic rings. The predicted octanol–water partition coefficient (Wildman–Crippen LogP) is 2.77. The van der Waals surface area contributed by atoms with E-state index >= 15 is 0 Å². The second-order valence-corrected chi connectivity index (χ2v) is 3.39. The number of halogens is 1. The zero-order chi connectivity index (χ0) is 12.3. The fourth-order valence-electron chi connectivity index (χ4n) is 1.52. The summed E-state index contributed by atoms with van der Waals surface area (Å²) in [6.45, 7) is 0. The number of rotatable bonds is 2. The van der Waals surface area contributed by atoms with Gasteiger partial charge in [-0.25, -0.2) is 9.37 Å². The molecule has 0 N–H and O–H groups in total. The lowest BCUT2D eigenvalue weighted by atomic mass is 10.0. The van der Waals surface area contributed by atoms with Crippen LogP contribution in [0.1, 0.15) is 5.56 Å². The summed E-state index contributed by atoms with van der Waals surface area (Å²) in [6.07, 6.45) is 1.59. The molecule has 0 unspecified atom stereocenters. The fourth-order valence-corrected chi connectivity index (χ4v) is 1.52. The molecule has 0 aliphatic carbocycles. The Morgan fingerprint density at radius 1 is 1.29 bits per heavy atom. The summed E-state index contributed by atoms with van der Waals surface area (Å²) >= 11 is 0. The van der Waals surface area contributed by atoms with Crippen molar-refractivity contribution < 1.29 is 9.13 Å². The van der Waals surface area contributed by atoms with E-state index in [-0.39, 0.29) is 5.56 Å². The van der Waals surface area contributed by atoms with E-state index in [0.29, 0.717) is 11.4 Å². The lowest BCUT2D eigenvalue weighted by Crippen LogP contribution is -1.90. The summed E-state index contributed by atoms with van der Waals surface area (Å²) in [7, 11) is 1.53. The monoisotopic (exact) mass is 228 g/mol. The van der Waals surface area contributed by atoms with E-state index in [4.69, 9.17) is 10.00 Å². The molecule has 1 heterocycles. The Labute approximate surface area is 98.1 Å². The van der Waals surface area contributed by atoms with Crippen molar-refractivity contribution in [2.24, 2.45) is 0 Å². The Balaban J connectivity index is 2.49. The van der Waals surface area contributed by atoms with Gasteiger partial charge in [-0.15, -0.1) is 0 Å². The van der Waals surface area contributed by atoms with Crippen LogP contribution in [0.15, 0.2) is 36.5 Å². The summed E-state index contributed by atoms with van der Waals surface area (Å²) in [5.74, 6) is 0.0705. The maximum atomic E-state index is 13.0. The van der Waals surface area contributed by atoms with Gasteiger partial charge in [0.05, 0.1) is 18.7 Å². The number of aromatic nitrogens is 1. The minimum atomic E-state index is -0.424. The van der Waals surface area contributed by atoms with Crippen molar-refractivity contribution >= 4 is 0 Å². The molecule has 0 spiro atoms. The van der Waals surface area contributed by atoms with Gasteiger partial charge in [-0.2, -0.15) is 5.26 Å². The summed E-state index contributed by atoms with van der Waals surface area (Å²) in [4.78, 5) is 4.05. The lowest BCUT2D eigenvalue weighted by molar-refractivity contribution is 0.398. The van der Waals surface area contributed by atoms with E-state index in [1.165, 1.54) is 19.2 Å². The molecular formula is C13H9FN2O. The Bertz CT molecular complexity index is 573. The van der Waals surface area contributed by atoms with E-state index < -0.39 is 5.82 Å². The molecule has 0 atom stereocenters. The number of benzene rings is 1. The molecule has 0 amide bonds. The first-order chi connectivity index (χ1) is 8.24. The van der Waals surface area contributed by atoms with Crippen LogP contribution in [-0.4, -0.2) is 12.1 Å². The van der Waals surface area contributed by atoms with Crippen molar-refractivity contribution in [3.63, 3.8) is 0 Å². The second-order valence-electron chi connectivity index (χ2n) is 3.39. The normalized spacial score (nSPS) is 9.71. The standard InChI is InChI=1S/C13H9FN2O/c1-17-13-5-2-9(8-16-13)12-4-3-11(14)6-10(12)7-15/h2-6,8H,1H3. The zero-order valence-corrected chi connectivity index (χ0v) is 9.14. The summed E-state index contributed by atoms with van der Waals surface area (Å²) in [5.41, 5.74) is 1.70. The van der Waals surface area contributed by atoms with Gasteiger partial charge in [-0.05, 0) is 18.2 Å². The van der Waals surface area contributed by atoms with E-state index in [1.54, 1.807) is 24.4 Å². The van der Waals surface area contributed by atoms with Crippen LogP contribution in [0.2, 0.25) is 0 Å². The zero-order valence-electron chi connectivity index (χ0n) is 9.14. The molecule has 17 heavy (non-hydrogen) atoms. The number of hydrogen-bond acceptors (Lipinski definition) is 3. The highest BCUT2D eigenvalue weighted by atomic mass is 19.1. The molecule has 0 aliphatic heterocycles. The average Bonchev–Trinajstić information content (AvgIpc) is 2.39. The first kappa shape index (κ1) is 11.1. The highest BCUT2D eigenvalue weighted by Gasteiger charge is 2.06. The van der Waals surface area contributed by atoms with Gasteiger partial charge in [0.2, 0.25) is 5.88 Å².